The maximum Gasteiger partial charge on any atom is 0.159 e. The molecule has 0 saturated carbocycles. The van der Waals surface area contributed by atoms with Gasteiger partial charge in [0, 0.05) is 38.2 Å². The zero-order valence-corrected chi connectivity index (χ0v) is 29.8. The van der Waals surface area contributed by atoms with Gasteiger partial charge in [-0.15, -0.1) is 0 Å². The molecular weight excluding hydrogens is 671 g/mol. The SMILES string of the molecule is c1ccc(-c2cccc(-c3ccc(N(c4ccccc4-c4cccc5oc6c7ccccc7ccc6c45)c4cccc5c4oc4ccccc45)cc3)c2)cc1. The third-order valence-corrected chi connectivity index (χ3v) is 10.9. The lowest BCUT2D eigenvalue weighted by Gasteiger charge is -2.28. The van der Waals surface area contributed by atoms with E-state index in [1.807, 2.05) is 12.1 Å². The molecule has 0 aliphatic rings. The predicted octanol–water partition coefficient (Wildman–Crippen LogP) is 15.1. The minimum Gasteiger partial charge on any atom is -0.455 e. The Morgan fingerprint density at radius 3 is 1.80 bits per heavy atom. The highest BCUT2D eigenvalue weighted by atomic mass is 16.3. The van der Waals surface area contributed by atoms with Crippen LogP contribution < -0.4 is 4.90 Å². The van der Waals surface area contributed by atoms with E-state index in [1.54, 1.807) is 0 Å². The summed E-state index contributed by atoms with van der Waals surface area (Å²) < 4.78 is 13.4. The Kier molecular flexibility index (Phi) is 7.17. The van der Waals surface area contributed by atoms with Crippen molar-refractivity contribution in [2.24, 2.45) is 0 Å². The lowest BCUT2D eigenvalue weighted by atomic mass is 9.95. The number of nitrogens with zero attached hydrogens (tertiary/aromatic N) is 1. The van der Waals surface area contributed by atoms with Gasteiger partial charge in [-0.1, -0.05) is 152 Å². The summed E-state index contributed by atoms with van der Waals surface area (Å²) in [5.74, 6) is 0. The number of hydrogen-bond acceptors (Lipinski definition) is 3. The third-order valence-electron chi connectivity index (χ3n) is 10.9. The summed E-state index contributed by atoms with van der Waals surface area (Å²) in [5.41, 5.74) is 13.5. The topological polar surface area (TPSA) is 29.5 Å². The van der Waals surface area contributed by atoms with Crippen LogP contribution in [-0.2, 0) is 0 Å². The Bertz CT molecular complexity index is 3210. The molecule has 0 unspecified atom stereocenters. The van der Waals surface area contributed by atoms with Crippen LogP contribution in [0.1, 0.15) is 0 Å². The van der Waals surface area contributed by atoms with E-state index in [-0.39, 0.29) is 0 Å². The van der Waals surface area contributed by atoms with Gasteiger partial charge in [0.1, 0.15) is 16.7 Å². The summed E-state index contributed by atoms with van der Waals surface area (Å²) >= 11 is 0. The standard InChI is InChI=1S/C52H33NO2/c1-2-13-34(14-3-1)37-16-10-17-38(33-37)35-27-30-39(31-28-35)53(47-24-11-22-44-42-20-7-9-25-48(42)54-52(44)47)46-23-8-6-19-41(46)43-21-12-26-49-50(43)45-32-29-36-15-4-5-18-40(36)51(45)55-49/h1-33H. The van der Waals surface area contributed by atoms with Crippen molar-refractivity contribution in [1.82, 2.24) is 0 Å². The molecule has 0 saturated heterocycles. The van der Waals surface area contributed by atoms with E-state index in [4.69, 9.17) is 8.83 Å². The van der Waals surface area contributed by atoms with Gasteiger partial charge < -0.3 is 13.7 Å². The van der Waals surface area contributed by atoms with Crippen molar-refractivity contribution in [3.05, 3.63) is 200 Å². The maximum absolute atomic E-state index is 6.70. The first-order valence-corrected chi connectivity index (χ1v) is 18.7. The quantitative estimate of drug-likeness (QED) is 0.173. The highest BCUT2D eigenvalue weighted by molar-refractivity contribution is 6.20. The van der Waals surface area contributed by atoms with Gasteiger partial charge >= 0.3 is 0 Å². The van der Waals surface area contributed by atoms with E-state index in [0.717, 1.165) is 88.4 Å². The number of rotatable bonds is 6. The molecule has 0 spiro atoms. The molecule has 2 aromatic heterocycles. The fraction of sp³-hybridized carbons (Fsp3) is 0. The number of hydrogen-bond donors (Lipinski definition) is 0. The second kappa shape index (κ2) is 12.6. The first-order chi connectivity index (χ1) is 27.3. The van der Waals surface area contributed by atoms with Crippen LogP contribution in [0.3, 0.4) is 0 Å². The van der Waals surface area contributed by atoms with E-state index in [2.05, 4.69) is 193 Å². The predicted molar refractivity (Wildman–Crippen MR) is 229 cm³/mol. The van der Waals surface area contributed by atoms with Crippen LogP contribution in [0, 0.1) is 0 Å². The Hall–Kier alpha value is -7.36. The number of para-hydroxylation sites is 3. The first kappa shape index (κ1) is 31.2. The Morgan fingerprint density at radius 1 is 0.327 bits per heavy atom. The second-order valence-corrected chi connectivity index (χ2v) is 14.0. The molecule has 0 fully saturated rings. The average Bonchev–Trinajstić information content (AvgIpc) is 3.84. The summed E-state index contributed by atoms with van der Waals surface area (Å²) in [6, 6.07) is 70.8. The van der Waals surface area contributed by atoms with Gasteiger partial charge in [-0.05, 0) is 81.7 Å². The molecule has 11 rings (SSSR count). The molecule has 0 aliphatic carbocycles. The largest absolute Gasteiger partial charge is 0.455 e. The van der Waals surface area contributed by atoms with Crippen molar-refractivity contribution < 1.29 is 8.83 Å². The molecule has 0 radical (unpaired) electrons. The fourth-order valence-corrected chi connectivity index (χ4v) is 8.30. The molecule has 3 heteroatoms. The lowest BCUT2D eigenvalue weighted by Crippen LogP contribution is -2.11. The van der Waals surface area contributed by atoms with Crippen LogP contribution in [0.4, 0.5) is 17.1 Å². The van der Waals surface area contributed by atoms with Gasteiger partial charge in [-0.2, -0.15) is 0 Å². The molecular formula is C52H33NO2. The molecule has 0 atom stereocenters. The smallest absolute Gasteiger partial charge is 0.159 e. The number of fused-ring (bicyclic) bond motifs is 8. The molecule has 55 heavy (non-hydrogen) atoms. The second-order valence-electron chi connectivity index (χ2n) is 14.0. The van der Waals surface area contributed by atoms with Gasteiger partial charge in [0.2, 0.25) is 0 Å². The van der Waals surface area contributed by atoms with E-state index < -0.39 is 0 Å². The number of benzene rings is 9. The molecule has 3 nitrogen and oxygen atoms in total. The highest BCUT2D eigenvalue weighted by Gasteiger charge is 2.24. The zero-order chi connectivity index (χ0) is 36.3. The molecule has 258 valence electrons. The van der Waals surface area contributed by atoms with E-state index >= 15 is 0 Å². The Morgan fingerprint density at radius 2 is 0.927 bits per heavy atom. The molecule has 9 aromatic carbocycles. The molecule has 0 N–H and O–H groups in total. The molecule has 0 bridgehead atoms. The average molecular weight is 704 g/mol. The Balaban J connectivity index is 1.12. The third kappa shape index (κ3) is 5.13. The van der Waals surface area contributed by atoms with Crippen LogP contribution in [-0.4, -0.2) is 0 Å². The number of furan rings is 2. The Labute approximate surface area is 317 Å². The fourth-order valence-electron chi connectivity index (χ4n) is 8.30. The number of anilines is 3. The summed E-state index contributed by atoms with van der Waals surface area (Å²) in [6.45, 7) is 0. The normalized spacial score (nSPS) is 11.6. The van der Waals surface area contributed by atoms with Crippen molar-refractivity contribution in [2.45, 2.75) is 0 Å². The maximum atomic E-state index is 6.70. The lowest BCUT2D eigenvalue weighted by molar-refractivity contribution is 0.669. The minimum atomic E-state index is 0.844. The minimum absolute atomic E-state index is 0.844. The highest BCUT2D eigenvalue weighted by Crippen LogP contribution is 2.48. The van der Waals surface area contributed by atoms with Crippen LogP contribution >= 0.6 is 0 Å². The van der Waals surface area contributed by atoms with Crippen molar-refractivity contribution in [3.8, 4) is 33.4 Å². The molecule has 11 aromatic rings. The summed E-state index contributed by atoms with van der Waals surface area (Å²) in [6.07, 6.45) is 0. The van der Waals surface area contributed by atoms with E-state index in [9.17, 15) is 0 Å². The molecule has 0 aliphatic heterocycles. The van der Waals surface area contributed by atoms with Gasteiger partial charge in [0.15, 0.2) is 5.58 Å². The summed E-state index contributed by atoms with van der Waals surface area (Å²) in [4.78, 5) is 2.35. The van der Waals surface area contributed by atoms with Crippen LogP contribution in [0.2, 0.25) is 0 Å². The van der Waals surface area contributed by atoms with Crippen LogP contribution in [0.25, 0.3) is 88.0 Å². The van der Waals surface area contributed by atoms with Crippen LogP contribution in [0.5, 0.6) is 0 Å². The van der Waals surface area contributed by atoms with Crippen molar-refractivity contribution >= 4 is 71.7 Å². The van der Waals surface area contributed by atoms with Gasteiger partial charge in [0.05, 0.1) is 11.4 Å². The van der Waals surface area contributed by atoms with Gasteiger partial charge in [0.25, 0.3) is 0 Å². The van der Waals surface area contributed by atoms with Gasteiger partial charge in [-0.25, -0.2) is 0 Å². The van der Waals surface area contributed by atoms with Crippen molar-refractivity contribution in [3.63, 3.8) is 0 Å². The van der Waals surface area contributed by atoms with E-state index in [1.165, 1.54) is 16.7 Å². The molecule has 2 heterocycles. The summed E-state index contributed by atoms with van der Waals surface area (Å²) in [5, 5.41) is 6.67. The first-order valence-electron chi connectivity index (χ1n) is 18.7. The zero-order valence-electron chi connectivity index (χ0n) is 29.8. The van der Waals surface area contributed by atoms with Crippen molar-refractivity contribution in [2.75, 3.05) is 4.90 Å². The van der Waals surface area contributed by atoms with Gasteiger partial charge in [-0.3, -0.25) is 0 Å². The monoisotopic (exact) mass is 703 g/mol. The van der Waals surface area contributed by atoms with E-state index in [0.29, 0.717) is 0 Å². The molecule has 0 amide bonds. The van der Waals surface area contributed by atoms with Crippen LogP contribution in [0.15, 0.2) is 209 Å². The van der Waals surface area contributed by atoms with Crippen molar-refractivity contribution in [1.29, 1.82) is 0 Å². The summed E-state index contributed by atoms with van der Waals surface area (Å²) in [7, 11) is 0.